The Balaban J connectivity index is 0. The SMILES string of the molecule is CCC(Cl)C(=O)OCOC(C)(C)C.CCCC(Cl)C(=O)OCOC(C)(C)C. The summed E-state index contributed by atoms with van der Waals surface area (Å²) in [7, 11) is 0. The van der Waals surface area contributed by atoms with Crippen molar-refractivity contribution in [3.8, 4) is 0 Å². The van der Waals surface area contributed by atoms with Gasteiger partial charge in [-0.3, -0.25) is 9.59 Å². The highest BCUT2D eigenvalue weighted by Gasteiger charge is 2.18. The molecule has 6 nitrogen and oxygen atoms in total. The molecule has 0 N–H and O–H groups in total. The summed E-state index contributed by atoms with van der Waals surface area (Å²) in [6, 6.07) is 0. The van der Waals surface area contributed by atoms with E-state index in [1.807, 2.05) is 55.4 Å². The molecule has 2 unspecified atom stereocenters. The maximum absolute atomic E-state index is 11.2. The van der Waals surface area contributed by atoms with Gasteiger partial charge in [0.15, 0.2) is 13.6 Å². The van der Waals surface area contributed by atoms with Crippen molar-refractivity contribution in [2.24, 2.45) is 0 Å². The number of carbonyl (C=O) groups excluding carboxylic acids is 2. The number of hydrogen-bond acceptors (Lipinski definition) is 6. The Morgan fingerprint density at radius 1 is 0.778 bits per heavy atom. The minimum absolute atomic E-state index is 0.0325. The first kappa shape index (κ1) is 28.6. The van der Waals surface area contributed by atoms with Gasteiger partial charge in [0.2, 0.25) is 0 Å². The first-order valence-corrected chi connectivity index (χ1v) is 10.00. The molecule has 162 valence electrons. The van der Waals surface area contributed by atoms with Crippen molar-refractivity contribution in [1.29, 1.82) is 0 Å². The lowest BCUT2D eigenvalue weighted by Gasteiger charge is -2.19. The lowest BCUT2D eigenvalue weighted by molar-refractivity contribution is -0.167. The third kappa shape index (κ3) is 20.0. The van der Waals surface area contributed by atoms with E-state index in [2.05, 4.69) is 0 Å². The minimum Gasteiger partial charge on any atom is -0.437 e. The molecule has 0 rings (SSSR count). The molecule has 0 fully saturated rings. The summed E-state index contributed by atoms with van der Waals surface area (Å²) in [5.74, 6) is -0.828. The highest BCUT2D eigenvalue weighted by Crippen LogP contribution is 2.10. The number of esters is 2. The Labute approximate surface area is 174 Å². The summed E-state index contributed by atoms with van der Waals surface area (Å²) < 4.78 is 20.0. The van der Waals surface area contributed by atoms with Gasteiger partial charge in [-0.05, 0) is 54.4 Å². The van der Waals surface area contributed by atoms with Crippen LogP contribution in [0.4, 0.5) is 0 Å². The van der Waals surface area contributed by atoms with Gasteiger partial charge in [-0.1, -0.05) is 20.3 Å². The van der Waals surface area contributed by atoms with E-state index < -0.39 is 22.7 Å². The second-order valence-electron chi connectivity index (χ2n) is 7.81. The second-order valence-corrected chi connectivity index (χ2v) is 8.86. The fourth-order valence-corrected chi connectivity index (χ4v) is 1.59. The molecule has 8 heteroatoms. The Morgan fingerprint density at radius 3 is 1.44 bits per heavy atom. The van der Waals surface area contributed by atoms with Gasteiger partial charge < -0.3 is 18.9 Å². The maximum atomic E-state index is 11.2. The molecule has 0 aromatic carbocycles. The topological polar surface area (TPSA) is 71.1 Å². The fourth-order valence-electron chi connectivity index (χ4n) is 1.25. The summed E-state index contributed by atoms with van der Waals surface area (Å²) in [5.41, 5.74) is -0.596. The van der Waals surface area contributed by atoms with E-state index in [1.165, 1.54) is 0 Å². The van der Waals surface area contributed by atoms with E-state index in [1.54, 1.807) is 0 Å². The van der Waals surface area contributed by atoms with Crippen LogP contribution in [-0.2, 0) is 28.5 Å². The van der Waals surface area contributed by atoms with Crippen LogP contribution in [0.2, 0.25) is 0 Å². The number of halogens is 2. The number of carbonyl (C=O) groups is 2. The van der Waals surface area contributed by atoms with Gasteiger partial charge in [-0.15, -0.1) is 23.2 Å². The van der Waals surface area contributed by atoms with Crippen LogP contribution in [0.25, 0.3) is 0 Å². The van der Waals surface area contributed by atoms with Crippen molar-refractivity contribution >= 4 is 35.1 Å². The van der Waals surface area contributed by atoms with Gasteiger partial charge in [0.1, 0.15) is 10.8 Å². The number of ether oxygens (including phenoxy) is 4. The van der Waals surface area contributed by atoms with Crippen molar-refractivity contribution in [2.75, 3.05) is 13.6 Å². The van der Waals surface area contributed by atoms with Crippen LogP contribution in [0, 0.1) is 0 Å². The van der Waals surface area contributed by atoms with E-state index in [0.717, 1.165) is 6.42 Å². The van der Waals surface area contributed by atoms with Gasteiger partial charge in [0, 0.05) is 0 Å². The summed E-state index contributed by atoms with van der Waals surface area (Å²) in [6.07, 6.45) is 2.06. The molecule has 2 atom stereocenters. The molecule has 0 saturated carbocycles. The summed E-state index contributed by atoms with van der Waals surface area (Å²) in [4.78, 5) is 22.2. The standard InChI is InChI=1S/C10H19ClO3.C9H17ClO3/c1-5-6-8(11)9(12)13-7-14-10(2,3)4;1-5-7(10)8(11)12-6-13-9(2,3)4/h8H,5-7H2,1-4H3;7H,5-6H2,1-4H3. The zero-order valence-electron chi connectivity index (χ0n) is 17.9. The molecule has 0 saturated heterocycles. The zero-order valence-corrected chi connectivity index (χ0v) is 19.4. The molecular formula is C19H36Cl2O6. The van der Waals surface area contributed by atoms with E-state index in [9.17, 15) is 9.59 Å². The maximum Gasteiger partial charge on any atom is 0.326 e. The van der Waals surface area contributed by atoms with Crippen LogP contribution in [-0.4, -0.2) is 47.5 Å². The lowest BCUT2D eigenvalue weighted by Crippen LogP contribution is -2.25. The smallest absolute Gasteiger partial charge is 0.326 e. The first-order chi connectivity index (χ1) is 12.2. The second kappa shape index (κ2) is 14.4. The molecule has 0 aromatic heterocycles. The highest BCUT2D eigenvalue weighted by atomic mass is 35.5. The van der Waals surface area contributed by atoms with Crippen LogP contribution >= 0.6 is 23.2 Å². The zero-order chi connectivity index (χ0) is 21.7. The van der Waals surface area contributed by atoms with Gasteiger partial charge >= 0.3 is 11.9 Å². The quantitative estimate of drug-likeness (QED) is 0.290. The molecule has 0 aliphatic rings. The molecule has 0 spiro atoms. The third-order valence-electron chi connectivity index (χ3n) is 2.80. The Bertz CT molecular complexity index is 415. The molecule has 0 radical (unpaired) electrons. The third-order valence-corrected chi connectivity index (χ3v) is 3.68. The van der Waals surface area contributed by atoms with E-state index in [-0.39, 0.29) is 24.8 Å². The summed E-state index contributed by atoms with van der Waals surface area (Å²) in [6.45, 7) is 15.1. The Morgan fingerprint density at radius 2 is 1.15 bits per heavy atom. The fraction of sp³-hybridized carbons (Fsp3) is 0.895. The Hall–Kier alpha value is -0.560. The molecule has 0 heterocycles. The van der Waals surface area contributed by atoms with Crippen LogP contribution in [0.15, 0.2) is 0 Å². The van der Waals surface area contributed by atoms with E-state index in [4.69, 9.17) is 42.1 Å². The summed E-state index contributed by atoms with van der Waals surface area (Å²) >= 11 is 11.4. The Kier molecular flexibility index (Phi) is 15.3. The van der Waals surface area contributed by atoms with Gasteiger partial charge in [0.05, 0.1) is 11.2 Å². The lowest BCUT2D eigenvalue weighted by atomic mass is 10.2. The minimum atomic E-state index is -0.566. The predicted octanol–water partition coefficient (Wildman–Crippen LogP) is 5.03. The molecule has 0 aliphatic carbocycles. The molecule has 0 bridgehead atoms. The van der Waals surface area contributed by atoms with Gasteiger partial charge in [-0.2, -0.15) is 0 Å². The number of hydrogen-bond donors (Lipinski definition) is 0. The number of rotatable bonds is 9. The predicted molar refractivity (Wildman–Crippen MR) is 108 cm³/mol. The molecule has 0 aliphatic heterocycles. The van der Waals surface area contributed by atoms with Crippen molar-refractivity contribution in [3.63, 3.8) is 0 Å². The first-order valence-electron chi connectivity index (χ1n) is 9.12. The van der Waals surface area contributed by atoms with Crippen molar-refractivity contribution in [3.05, 3.63) is 0 Å². The van der Waals surface area contributed by atoms with Crippen molar-refractivity contribution in [2.45, 2.75) is 96.6 Å². The highest BCUT2D eigenvalue weighted by molar-refractivity contribution is 6.30. The molecule has 0 aromatic rings. The number of alkyl halides is 2. The van der Waals surface area contributed by atoms with E-state index in [0.29, 0.717) is 12.8 Å². The monoisotopic (exact) mass is 430 g/mol. The van der Waals surface area contributed by atoms with Crippen LogP contribution in [0.3, 0.4) is 0 Å². The summed E-state index contributed by atoms with van der Waals surface area (Å²) in [5, 5.41) is -1.12. The average Bonchev–Trinajstić information content (AvgIpc) is 2.52. The van der Waals surface area contributed by atoms with Crippen LogP contribution in [0.1, 0.15) is 74.7 Å². The van der Waals surface area contributed by atoms with Crippen molar-refractivity contribution < 1.29 is 28.5 Å². The molecule has 27 heavy (non-hydrogen) atoms. The van der Waals surface area contributed by atoms with E-state index >= 15 is 0 Å². The normalized spacial score (nSPS) is 13.9. The molecular weight excluding hydrogens is 395 g/mol. The van der Waals surface area contributed by atoms with Gasteiger partial charge in [-0.25, -0.2) is 0 Å². The van der Waals surface area contributed by atoms with Crippen LogP contribution in [0.5, 0.6) is 0 Å². The average molecular weight is 431 g/mol. The van der Waals surface area contributed by atoms with Crippen molar-refractivity contribution in [1.82, 2.24) is 0 Å². The largest absolute Gasteiger partial charge is 0.437 e. The van der Waals surface area contributed by atoms with Gasteiger partial charge in [0.25, 0.3) is 0 Å². The van der Waals surface area contributed by atoms with Crippen LogP contribution < -0.4 is 0 Å². The molecule has 0 amide bonds.